The van der Waals surface area contributed by atoms with E-state index in [2.05, 4.69) is 34.8 Å². The molecule has 0 aromatic heterocycles. The monoisotopic (exact) mass is 284 g/mol. The summed E-state index contributed by atoms with van der Waals surface area (Å²) in [5.41, 5.74) is 6.32. The van der Waals surface area contributed by atoms with Gasteiger partial charge in [0.2, 0.25) is 0 Å². The normalized spacial score (nSPS) is 12.2. The number of nitrogens with zero attached hydrogens (tertiary/aromatic N) is 1. The molecular weight excluding hydrogens is 268 g/mol. The summed E-state index contributed by atoms with van der Waals surface area (Å²) in [6, 6.07) is 5.25. The first kappa shape index (κ1) is 13.2. The molecule has 0 amide bonds. The van der Waals surface area contributed by atoms with Crippen LogP contribution in [0.3, 0.4) is 0 Å². The Morgan fingerprint density at radius 2 is 2.19 bits per heavy atom. The summed E-state index contributed by atoms with van der Waals surface area (Å²) in [6.07, 6.45) is 1.68. The highest BCUT2D eigenvalue weighted by Gasteiger charge is 2.13. The standard InChI is InChI=1S/C12H17BrN2O/c1-12(2,7-14)8-15-6-9-5-10(13)3-4-11(9)16/h3-6,16H,7-8,14H2,1-2H3. The third-order valence-electron chi connectivity index (χ3n) is 2.29. The van der Waals surface area contributed by atoms with Gasteiger partial charge in [-0.15, -0.1) is 0 Å². The molecule has 0 radical (unpaired) electrons. The van der Waals surface area contributed by atoms with Gasteiger partial charge in [0.1, 0.15) is 5.75 Å². The molecule has 4 heteroatoms. The van der Waals surface area contributed by atoms with Crippen molar-refractivity contribution in [3.63, 3.8) is 0 Å². The molecule has 0 aliphatic heterocycles. The lowest BCUT2D eigenvalue weighted by molar-refractivity contribution is 0.394. The van der Waals surface area contributed by atoms with Gasteiger partial charge in [-0.2, -0.15) is 0 Å². The highest BCUT2D eigenvalue weighted by Crippen LogP contribution is 2.20. The maximum absolute atomic E-state index is 9.58. The number of phenolic OH excluding ortho intramolecular Hbond substituents is 1. The Labute approximate surface area is 105 Å². The largest absolute Gasteiger partial charge is 0.507 e. The minimum atomic E-state index is -0.00185. The van der Waals surface area contributed by atoms with Gasteiger partial charge in [-0.1, -0.05) is 29.8 Å². The van der Waals surface area contributed by atoms with Crippen LogP contribution in [0.15, 0.2) is 27.7 Å². The van der Waals surface area contributed by atoms with E-state index in [9.17, 15) is 5.11 Å². The first-order chi connectivity index (χ1) is 7.44. The molecule has 3 nitrogen and oxygen atoms in total. The van der Waals surface area contributed by atoms with E-state index >= 15 is 0 Å². The quantitative estimate of drug-likeness (QED) is 0.835. The Bertz CT molecular complexity index is 389. The van der Waals surface area contributed by atoms with Gasteiger partial charge in [0.25, 0.3) is 0 Å². The zero-order valence-electron chi connectivity index (χ0n) is 9.57. The second kappa shape index (κ2) is 5.46. The molecule has 0 aliphatic carbocycles. The highest BCUT2D eigenvalue weighted by atomic mass is 79.9. The first-order valence-corrected chi connectivity index (χ1v) is 5.92. The summed E-state index contributed by atoms with van der Waals surface area (Å²) in [5.74, 6) is 0.234. The maximum atomic E-state index is 9.58. The average molecular weight is 285 g/mol. The topological polar surface area (TPSA) is 58.6 Å². The van der Waals surface area contributed by atoms with Crippen molar-refractivity contribution < 1.29 is 5.11 Å². The van der Waals surface area contributed by atoms with Crippen molar-refractivity contribution in [3.05, 3.63) is 28.2 Å². The van der Waals surface area contributed by atoms with Gasteiger partial charge in [0, 0.05) is 22.8 Å². The van der Waals surface area contributed by atoms with Gasteiger partial charge in [-0.05, 0) is 30.2 Å². The van der Waals surface area contributed by atoms with E-state index in [0.29, 0.717) is 18.7 Å². The lowest BCUT2D eigenvalue weighted by Crippen LogP contribution is -2.26. The van der Waals surface area contributed by atoms with Gasteiger partial charge in [0.15, 0.2) is 0 Å². The predicted molar refractivity (Wildman–Crippen MR) is 71.1 cm³/mol. The zero-order valence-corrected chi connectivity index (χ0v) is 11.2. The van der Waals surface area contributed by atoms with Gasteiger partial charge < -0.3 is 10.8 Å². The van der Waals surface area contributed by atoms with Crippen LogP contribution in [0, 0.1) is 5.41 Å². The van der Waals surface area contributed by atoms with Crippen LogP contribution in [-0.2, 0) is 0 Å². The molecule has 0 heterocycles. The number of rotatable bonds is 4. The fourth-order valence-electron chi connectivity index (χ4n) is 1.08. The average Bonchev–Trinajstić information content (AvgIpc) is 2.23. The van der Waals surface area contributed by atoms with E-state index in [1.54, 1.807) is 18.3 Å². The van der Waals surface area contributed by atoms with Crippen LogP contribution in [0.25, 0.3) is 0 Å². The van der Waals surface area contributed by atoms with Crippen molar-refractivity contribution in [2.75, 3.05) is 13.1 Å². The van der Waals surface area contributed by atoms with Crippen molar-refractivity contribution >= 4 is 22.1 Å². The van der Waals surface area contributed by atoms with Crippen molar-refractivity contribution in [2.45, 2.75) is 13.8 Å². The molecular formula is C12H17BrN2O. The molecule has 0 bridgehead atoms. The first-order valence-electron chi connectivity index (χ1n) is 5.13. The Kier molecular flexibility index (Phi) is 4.50. The fraction of sp³-hybridized carbons (Fsp3) is 0.417. The lowest BCUT2D eigenvalue weighted by atomic mass is 9.94. The molecule has 0 unspecified atom stereocenters. The van der Waals surface area contributed by atoms with Crippen LogP contribution < -0.4 is 5.73 Å². The molecule has 0 saturated carbocycles. The molecule has 88 valence electrons. The zero-order chi connectivity index (χ0) is 12.2. The summed E-state index contributed by atoms with van der Waals surface area (Å²) < 4.78 is 0.921. The van der Waals surface area contributed by atoms with E-state index in [0.717, 1.165) is 4.47 Å². The number of hydrogen-bond donors (Lipinski definition) is 2. The molecule has 0 saturated heterocycles. The van der Waals surface area contributed by atoms with Crippen molar-refractivity contribution in [1.82, 2.24) is 0 Å². The summed E-state index contributed by atoms with van der Waals surface area (Å²) in [7, 11) is 0. The van der Waals surface area contributed by atoms with Gasteiger partial charge in [-0.3, -0.25) is 4.99 Å². The summed E-state index contributed by atoms with van der Waals surface area (Å²) >= 11 is 3.35. The smallest absolute Gasteiger partial charge is 0.124 e. The number of phenols is 1. The summed E-state index contributed by atoms with van der Waals surface area (Å²) in [6.45, 7) is 5.36. The van der Waals surface area contributed by atoms with Crippen LogP contribution in [0.1, 0.15) is 19.4 Å². The minimum Gasteiger partial charge on any atom is -0.507 e. The van der Waals surface area contributed by atoms with E-state index in [1.807, 2.05) is 6.07 Å². The van der Waals surface area contributed by atoms with E-state index in [4.69, 9.17) is 5.73 Å². The molecule has 0 atom stereocenters. The Morgan fingerprint density at radius 1 is 1.50 bits per heavy atom. The van der Waals surface area contributed by atoms with Crippen LogP contribution in [0.4, 0.5) is 0 Å². The minimum absolute atomic E-state index is 0.00185. The van der Waals surface area contributed by atoms with Crippen LogP contribution in [0.2, 0.25) is 0 Å². The summed E-state index contributed by atoms with van der Waals surface area (Å²) in [5, 5.41) is 9.58. The second-order valence-corrected chi connectivity index (χ2v) is 5.46. The highest BCUT2D eigenvalue weighted by molar-refractivity contribution is 9.10. The van der Waals surface area contributed by atoms with Crippen LogP contribution in [-0.4, -0.2) is 24.4 Å². The molecule has 1 aromatic rings. The lowest BCUT2D eigenvalue weighted by Gasteiger charge is -2.18. The Balaban J connectivity index is 2.73. The number of halogens is 1. The molecule has 1 aromatic carbocycles. The molecule has 16 heavy (non-hydrogen) atoms. The van der Waals surface area contributed by atoms with Crippen molar-refractivity contribution in [1.29, 1.82) is 0 Å². The maximum Gasteiger partial charge on any atom is 0.124 e. The van der Waals surface area contributed by atoms with Crippen LogP contribution >= 0.6 is 15.9 Å². The number of benzene rings is 1. The van der Waals surface area contributed by atoms with Crippen molar-refractivity contribution in [2.24, 2.45) is 16.1 Å². The van der Waals surface area contributed by atoms with E-state index in [1.165, 1.54) is 0 Å². The van der Waals surface area contributed by atoms with Gasteiger partial charge in [0.05, 0.1) is 0 Å². The van der Waals surface area contributed by atoms with E-state index in [-0.39, 0.29) is 11.2 Å². The molecule has 0 fully saturated rings. The Hall–Kier alpha value is -0.870. The van der Waals surface area contributed by atoms with Crippen molar-refractivity contribution in [3.8, 4) is 5.75 Å². The van der Waals surface area contributed by atoms with Crippen LogP contribution in [0.5, 0.6) is 5.75 Å². The number of aromatic hydroxyl groups is 1. The molecule has 0 aliphatic rings. The third-order valence-corrected chi connectivity index (χ3v) is 2.79. The Morgan fingerprint density at radius 3 is 2.81 bits per heavy atom. The molecule has 0 spiro atoms. The van der Waals surface area contributed by atoms with E-state index < -0.39 is 0 Å². The molecule has 1 rings (SSSR count). The SMILES string of the molecule is CC(C)(CN)CN=Cc1cc(Br)ccc1O. The number of nitrogens with two attached hydrogens (primary N) is 1. The molecule has 3 N–H and O–H groups in total. The third kappa shape index (κ3) is 3.94. The number of hydrogen-bond acceptors (Lipinski definition) is 3. The predicted octanol–water partition coefficient (Wildman–Crippen LogP) is 2.56. The van der Waals surface area contributed by atoms with Gasteiger partial charge >= 0.3 is 0 Å². The number of aliphatic imine (C=N–C) groups is 1. The fourth-order valence-corrected chi connectivity index (χ4v) is 1.46. The second-order valence-electron chi connectivity index (χ2n) is 4.54. The summed E-state index contributed by atoms with van der Waals surface area (Å²) in [4.78, 5) is 4.30. The van der Waals surface area contributed by atoms with Gasteiger partial charge in [-0.25, -0.2) is 0 Å².